The van der Waals surface area contributed by atoms with Crippen molar-refractivity contribution in [3.8, 4) is 0 Å². The molecule has 0 radical (unpaired) electrons. The maximum Gasteiger partial charge on any atom is 0.244 e. The van der Waals surface area contributed by atoms with Crippen LogP contribution < -0.4 is 10.2 Å². The number of fused-ring (bicyclic) bond motifs is 1. The van der Waals surface area contributed by atoms with E-state index in [1.807, 2.05) is 26.0 Å². The molecule has 1 heterocycles. The van der Waals surface area contributed by atoms with E-state index in [1.165, 1.54) is 17.9 Å². The number of nitrogens with zero attached hydrogens (tertiary/aromatic N) is 1. The standard InChI is InChI=1S/C20H22N2O4S/c1-13-7-6-8-16(15(13)3)21-19(23)12-22-17-9-4-5-10-18(17)27(25,26)14(2)11-20(22)24/h4-10,14H,11-12H2,1-3H3,(H,21,23). The first-order valence-electron chi connectivity index (χ1n) is 8.71. The van der Waals surface area contributed by atoms with E-state index in [1.54, 1.807) is 24.3 Å². The second-order valence-electron chi connectivity index (χ2n) is 6.80. The van der Waals surface area contributed by atoms with Gasteiger partial charge in [0.1, 0.15) is 6.54 Å². The Morgan fingerprint density at radius 2 is 1.85 bits per heavy atom. The SMILES string of the molecule is Cc1cccc(NC(=O)CN2C(=O)CC(C)S(=O)(=O)c3ccccc32)c1C. The number of amides is 2. The first kappa shape index (κ1) is 19.1. The van der Waals surface area contributed by atoms with Crippen molar-refractivity contribution in [1.29, 1.82) is 0 Å². The number of hydrogen-bond donors (Lipinski definition) is 1. The van der Waals surface area contributed by atoms with E-state index < -0.39 is 15.1 Å². The van der Waals surface area contributed by atoms with Crippen LogP contribution in [0.5, 0.6) is 0 Å². The minimum absolute atomic E-state index is 0.0860. The van der Waals surface area contributed by atoms with Crippen molar-refractivity contribution in [2.45, 2.75) is 37.3 Å². The highest BCUT2D eigenvalue weighted by Gasteiger charge is 2.36. The van der Waals surface area contributed by atoms with Gasteiger partial charge in [-0.15, -0.1) is 0 Å². The summed E-state index contributed by atoms with van der Waals surface area (Å²) in [5.41, 5.74) is 2.92. The zero-order valence-corrected chi connectivity index (χ0v) is 16.3. The number of carbonyl (C=O) groups excluding carboxylic acids is 2. The average molecular weight is 386 g/mol. The fourth-order valence-corrected chi connectivity index (χ4v) is 4.66. The van der Waals surface area contributed by atoms with Gasteiger partial charge in [0, 0.05) is 12.1 Å². The Labute approximate surface area is 159 Å². The Kier molecular flexibility index (Phi) is 5.06. The molecule has 7 heteroatoms. The van der Waals surface area contributed by atoms with Crippen LogP contribution in [0, 0.1) is 13.8 Å². The predicted molar refractivity (Wildman–Crippen MR) is 105 cm³/mol. The van der Waals surface area contributed by atoms with Crippen molar-refractivity contribution in [3.63, 3.8) is 0 Å². The van der Waals surface area contributed by atoms with E-state index >= 15 is 0 Å². The molecule has 27 heavy (non-hydrogen) atoms. The van der Waals surface area contributed by atoms with E-state index in [0.29, 0.717) is 5.69 Å². The molecule has 0 aliphatic carbocycles. The monoisotopic (exact) mass is 386 g/mol. The van der Waals surface area contributed by atoms with Gasteiger partial charge < -0.3 is 10.2 Å². The number of benzene rings is 2. The van der Waals surface area contributed by atoms with Crippen LogP contribution in [-0.2, 0) is 19.4 Å². The molecule has 142 valence electrons. The normalized spacial score (nSPS) is 18.6. The maximum atomic E-state index is 12.7. The molecular weight excluding hydrogens is 364 g/mol. The Hall–Kier alpha value is -2.67. The van der Waals surface area contributed by atoms with Crippen LogP contribution in [-0.4, -0.2) is 32.0 Å². The molecule has 1 aliphatic rings. The lowest BCUT2D eigenvalue weighted by molar-refractivity contribution is -0.121. The van der Waals surface area contributed by atoms with E-state index in [2.05, 4.69) is 5.32 Å². The second kappa shape index (κ2) is 7.15. The topological polar surface area (TPSA) is 83.6 Å². The van der Waals surface area contributed by atoms with Crippen LogP contribution in [0.2, 0.25) is 0 Å². The van der Waals surface area contributed by atoms with E-state index in [9.17, 15) is 18.0 Å². The number of carbonyl (C=O) groups is 2. The van der Waals surface area contributed by atoms with Gasteiger partial charge in [-0.05, 0) is 50.1 Å². The third-order valence-corrected chi connectivity index (χ3v) is 7.12. The van der Waals surface area contributed by atoms with E-state index in [4.69, 9.17) is 0 Å². The van der Waals surface area contributed by atoms with Gasteiger partial charge in [0.25, 0.3) is 0 Å². The molecule has 0 aromatic heterocycles. The molecule has 0 saturated carbocycles. The molecule has 0 bridgehead atoms. The van der Waals surface area contributed by atoms with Gasteiger partial charge in [0.2, 0.25) is 11.8 Å². The van der Waals surface area contributed by atoms with Gasteiger partial charge in [0.05, 0.1) is 15.8 Å². The maximum absolute atomic E-state index is 12.7. The van der Waals surface area contributed by atoms with Gasteiger partial charge >= 0.3 is 0 Å². The molecular formula is C20H22N2O4S. The number of para-hydroxylation sites is 1. The number of nitrogens with one attached hydrogen (secondary N) is 1. The number of hydrogen-bond acceptors (Lipinski definition) is 4. The van der Waals surface area contributed by atoms with Gasteiger partial charge in [0.15, 0.2) is 9.84 Å². The summed E-state index contributed by atoms with van der Waals surface area (Å²) in [4.78, 5) is 26.6. The molecule has 1 unspecified atom stereocenters. The minimum Gasteiger partial charge on any atom is -0.324 e. The Bertz CT molecular complexity index is 1010. The zero-order valence-electron chi connectivity index (χ0n) is 15.5. The van der Waals surface area contributed by atoms with Gasteiger partial charge in [-0.2, -0.15) is 0 Å². The molecule has 1 N–H and O–H groups in total. The Balaban J connectivity index is 1.92. The third kappa shape index (κ3) is 3.60. The minimum atomic E-state index is -3.62. The lowest BCUT2D eigenvalue weighted by Gasteiger charge is -2.22. The molecule has 0 fully saturated rings. The molecule has 1 aliphatic heterocycles. The highest BCUT2D eigenvalue weighted by atomic mass is 32.2. The van der Waals surface area contributed by atoms with Crippen LogP contribution in [0.1, 0.15) is 24.5 Å². The van der Waals surface area contributed by atoms with Gasteiger partial charge in [-0.1, -0.05) is 24.3 Å². The highest BCUT2D eigenvalue weighted by Crippen LogP contribution is 2.33. The number of sulfone groups is 1. The van der Waals surface area contributed by atoms with E-state index in [0.717, 1.165) is 11.1 Å². The highest BCUT2D eigenvalue weighted by molar-refractivity contribution is 7.92. The summed E-state index contributed by atoms with van der Waals surface area (Å²) in [6, 6.07) is 11.9. The van der Waals surface area contributed by atoms with Crippen molar-refractivity contribution >= 4 is 33.0 Å². The van der Waals surface area contributed by atoms with Crippen LogP contribution in [0.15, 0.2) is 47.4 Å². The largest absolute Gasteiger partial charge is 0.324 e. The number of anilines is 2. The average Bonchev–Trinajstić information content (AvgIpc) is 2.69. The van der Waals surface area contributed by atoms with Crippen molar-refractivity contribution in [1.82, 2.24) is 0 Å². The molecule has 0 spiro atoms. The van der Waals surface area contributed by atoms with Crippen molar-refractivity contribution < 1.29 is 18.0 Å². The molecule has 0 saturated heterocycles. The fraction of sp³-hybridized carbons (Fsp3) is 0.300. The van der Waals surface area contributed by atoms with Crippen LogP contribution in [0.4, 0.5) is 11.4 Å². The smallest absolute Gasteiger partial charge is 0.244 e. The summed E-state index contributed by atoms with van der Waals surface area (Å²) in [6.45, 7) is 5.13. The summed E-state index contributed by atoms with van der Waals surface area (Å²) >= 11 is 0. The molecule has 2 aromatic carbocycles. The molecule has 1 atom stereocenters. The second-order valence-corrected chi connectivity index (χ2v) is 9.14. The molecule has 2 amide bonds. The summed E-state index contributed by atoms with van der Waals surface area (Å²) in [7, 11) is -3.62. The fourth-order valence-electron chi connectivity index (χ4n) is 3.13. The van der Waals surface area contributed by atoms with Crippen LogP contribution in [0.25, 0.3) is 0 Å². The summed E-state index contributed by atoms with van der Waals surface area (Å²) in [6.07, 6.45) is -0.159. The summed E-state index contributed by atoms with van der Waals surface area (Å²) in [5, 5.41) is 1.98. The molecule has 2 aromatic rings. The number of aryl methyl sites for hydroxylation is 1. The number of rotatable bonds is 3. The lowest BCUT2D eigenvalue weighted by atomic mass is 10.1. The predicted octanol–water partition coefficient (Wildman–Crippen LogP) is 2.84. The van der Waals surface area contributed by atoms with Crippen molar-refractivity contribution in [3.05, 3.63) is 53.6 Å². The summed E-state index contributed by atoms with van der Waals surface area (Å²) < 4.78 is 25.4. The first-order chi connectivity index (χ1) is 12.7. The Morgan fingerprint density at radius 1 is 1.15 bits per heavy atom. The first-order valence-corrected chi connectivity index (χ1v) is 10.3. The Morgan fingerprint density at radius 3 is 2.59 bits per heavy atom. The van der Waals surface area contributed by atoms with Crippen LogP contribution in [0.3, 0.4) is 0 Å². The quantitative estimate of drug-likeness (QED) is 0.879. The zero-order chi connectivity index (χ0) is 19.8. The van der Waals surface area contributed by atoms with Crippen LogP contribution >= 0.6 is 0 Å². The van der Waals surface area contributed by atoms with E-state index in [-0.39, 0.29) is 35.4 Å². The summed E-state index contributed by atoms with van der Waals surface area (Å²) in [5.74, 6) is -0.758. The van der Waals surface area contributed by atoms with Crippen molar-refractivity contribution in [2.75, 3.05) is 16.8 Å². The molecule has 3 rings (SSSR count). The third-order valence-electron chi connectivity index (χ3n) is 4.94. The van der Waals surface area contributed by atoms with Crippen molar-refractivity contribution in [2.24, 2.45) is 0 Å². The van der Waals surface area contributed by atoms with Gasteiger partial charge in [-0.3, -0.25) is 9.59 Å². The van der Waals surface area contributed by atoms with Gasteiger partial charge in [-0.25, -0.2) is 8.42 Å². The molecule has 6 nitrogen and oxygen atoms in total. The lowest BCUT2D eigenvalue weighted by Crippen LogP contribution is -2.38.